The number of pyridine rings is 1. The van der Waals surface area contributed by atoms with Gasteiger partial charge in [-0.3, -0.25) is 0 Å². The van der Waals surface area contributed by atoms with Crippen molar-refractivity contribution in [2.45, 2.75) is 32.8 Å². The van der Waals surface area contributed by atoms with Crippen molar-refractivity contribution in [2.24, 2.45) is 7.05 Å². The van der Waals surface area contributed by atoms with Crippen molar-refractivity contribution in [1.29, 1.82) is 0 Å². The van der Waals surface area contributed by atoms with Crippen molar-refractivity contribution in [3.05, 3.63) is 54.2 Å². The smallest absolute Gasteiger partial charge is 0.407 e. The maximum atomic E-state index is 11.6. The number of alkyl carbamates (subject to hydrolysis) is 1. The number of nitrogens with zero attached hydrogens (tertiary/aromatic N) is 1. The van der Waals surface area contributed by atoms with Crippen molar-refractivity contribution in [3.63, 3.8) is 0 Å². The zero-order valence-corrected chi connectivity index (χ0v) is 17.3. The van der Waals surface area contributed by atoms with Crippen molar-refractivity contribution in [2.75, 3.05) is 11.9 Å². The molecule has 25 heavy (non-hydrogen) atoms. The third kappa shape index (κ3) is 7.72. The highest BCUT2D eigenvalue weighted by atomic mass is 127. The fraction of sp³-hybridized carbons (Fsp3) is 0.368. The predicted octanol–water partition coefficient (Wildman–Crippen LogP) is 0.326. The summed E-state index contributed by atoms with van der Waals surface area (Å²) >= 11 is 0. The minimum Gasteiger partial charge on any atom is -1.00 e. The number of anilines is 2. The third-order valence-corrected chi connectivity index (χ3v) is 3.36. The van der Waals surface area contributed by atoms with Crippen LogP contribution in [0, 0.1) is 0 Å². The highest BCUT2D eigenvalue weighted by Crippen LogP contribution is 2.14. The first-order valence-electron chi connectivity index (χ1n) is 8.11. The number of carbonyl (C=O) groups is 1. The summed E-state index contributed by atoms with van der Waals surface area (Å²) in [6, 6.07) is 14.2. The maximum absolute atomic E-state index is 11.6. The van der Waals surface area contributed by atoms with Gasteiger partial charge in [-0.2, -0.15) is 0 Å². The SMILES string of the molecule is C[n+]1ccccc1Nc1ccc(CCNC(=O)OC(C)(C)C)cc1.[I-]. The molecule has 0 saturated carbocycles. The van der Waals surface area contributed by atoms with E-state index in [9.17, 15) is 4.79 Å². The number of amides is 1. The van der Waals surface area contributed by atoms with Gasteiger partial charge in [0, 0.05) is 12.6 Å². The lowest BCUT2D eigenvalue weighted by molar-refractivity contribution is -0.657. The second-order valence-electron chi connectivity index (χ2n) is 6.70. The summed E-state index contributed by atoms with van der Waals surface area (Å²) in [5.41, 5.74) is 1.72. The van der Waals surface area contributed by atoms with Crippen molar-refractivity contribution < 1.29 is 38.1 Å². The largest absolute Gasteiger partial charge is 1.00 e. The average molecular weight is 455 g/mol. The van der Waals surface area contributed by atoms with E-state index in [0.29, 0.717) is 6.54 Å². The Labute approximate surface area is 166 Å². The number of carbonyl (C=O) groups excluding carboxylic acids is 1. The summed E-state index contributed by atoms with van der Waals surface area (Å²) in [4.78, 5) is 11.6. The molecule has 2 aromatic rings. The quantitative estimate of drug-likeness (QED) is 0.505. The van der Waals surface area contributed by atoms with E-state index in [1.165, 1.54) is 0 Å². The van der Waals surface area contributed by atoms with E-state index in [4.69, 9.17) is 4.74 Å². The number of hydrogen-bond donors (Lipinski definition) is 2. The second-order valence-corrected chi connectivity index (χ2v) is 6.70. The van der Waals surface area contributed by atoms with Crippen LogP contribution in [0.25, 0.3) is 0 Å². The number of halogens is 1. The monoisotopic (exact) mass is 455 g/mol. The Bertz CT molecular complexity index is 682. The van der Waals surface area contributed by atoms with E-state index in [-0.39, 0.29) is 30.1 Å². The minimum absolute atomic E-state index is 0. The summed E-state index contributed by atoms with van der Waals surface area (Å²) in [5.74, 6) is 1.02. The molecule has 0 atom stereocenters. The van der Waals surface area contributed by atoms with Crippen LogP contribution in [0.5, 0.6) is 0 Å². The molecule has 0 unspecified atom stereocenters. The van der Waals surface area contributed by atoms with Gasteiger partial charge in [-0.25, -0.2) is 14.7 Å². The highest BCUT2D eigenvalue weighted by Gasteiger charge is 2.15. The molecule has 0 fully saturated rings. The van der Waals surface area contributed by atoms with E-state index in [0.717, 1.165) is 23.5 Å². The minimum atomic E-state index is -0.467. The maximum Gasteiger partial charge on any atom is 0.407 e. The van der Waals surface area contributed by atoms with Crippen LogP contribution in [0.2, 0.25) is 0 Å². The van der Waals surface area contributed by atoms with Gasteiger partial charge in [0.15, 0.2) is 0 Å². The molecule has 0 aliphatic rings. The van der Waals surface area contributed by atoms with Gasteiger partial charge in [0.2, 0.25) is 0 Å². The van der Waals surface area contributed by atoms with Crippen LogP contribution >= 0.6 is 0 Å². The van der Waals surface area contributed by atoms with Crippen LogP contribution in [-0.2, 0) is 18.2 Å². The molecule has 0 aliphatic carbocycles. The van der Waals surface area contributed by atoms with E-state index >= 15 is 0 Å². The molecule has 2 N–H and O–H groups in total. The fourth-order valence-corrected chi connectivity index (χ4v) is 2.18. The van der Waals surface area contributed by atoms with Gasteiger partial charge in [0.1, 0.15) is 11.3 Å². The molecule has 136 valence electrons. The van der Waals surface area contributed by atoms with Gasteiger partial charge >= 0.3 is 6.09 Å². The zero-order valence-electron chi connectivity index (χ0n) is 15.2. The summed E-state index contributed by atoms with van der Waals surface area (Å²) in [6.07, 6.45) is 2.38. The Morgan fingerprint density at radius 2 is 1.80 bits per heavy atom. The van der Waals surface area contributed by atoms with Crippen LogP contribution in [0.15, 0.2) is 48.7 Å². The van der Waals surface area contributed by atoms with Gasteiger partial charge in [0.25, 0.3) is 5.82 Å². The number of hydrogen-bond acceptors (Lipinski definition) is 3. The van der Waals surface area contributed by atoms with Gasteiger partial charge in [-0.1, -0.05) is 18.2 Å². The van der Waals surface area contributed by atoms with Gasteiger partial charge in [0.05, 0.1) is 13.2 Å². The molecule has 1 aromatic heterocycles. The van der Waals surface area contributed by atoms with E-state index < -0.39 is 5.60 Å². The normalized spacial score (nSPS) is 10.6. The zero-order chi connectivity index (χ0) is 17.6. The molecular weight excluding hydrogens is 429 g/mol. The molecular formula is C19H26IN3O2. The molecule has 0 bridgehead atoms. The Balaban J connectivity index is 0.00000312. The predicted molar refractivity (Wildman–Crippen MR) is 95.3 cm³/mol. The highest BCUT2D eigenvalue weighted by molar-refractivity contribution is 5.67. The van der Waals surface area contributed by atoms with E-state index in [1.807, 2.05) is 68.9 Å². The Morgan fingerprint density at radius 1 is 1.12 bits per heavy atom. The van der Waals surface area contributed by atoms with Gasteiger partial charge < -0.3 is 34.0 Å². The molecule has 1 heterocycles. The van der Waals surface area contributed by atoms with E-state index in [2.05, 4.69) is 22.8 Å². The van der Waals surface area contributed by atoms with Crippen LogP contribution in [0.3, 0.4) is 0 Å². The van der Waals surface area contributed by atoms with Gasteiger partial charge in [-0.15, -0.1) is 0 Å². The molecule has 1 aromatic carbocycles. The number of benzene rings is 1. The summed E-state index contributed by atoms with van der Waals surface area (Å²) in [5, 5.41) is 6.14. The average Bonchev–Trinajstić information content (AvgIpc) is 2.49. The van der Waals surface area contributed by atoms with Crippen molar-refractivity contribution in [1.82, 2.24) is 5.32 Å². The Hall–Kier alpha value is -1.83. The van der Waals surface area contributed by atoms with Crippen molar-refractivity contribution >= 4 is 17.6 Å². The van der Waals surface area contributed by atoms with Crippen LogP contribution < -0.4 is 39.2 Å². The summed E-state index contributed by atoms with van der Waals surface area (Å²) < 4.78 is 7.24. The second kappa shape index (κ2) is 9.60. The first-order chi connectivity index (χ1) is 11.3. The number of aromatic nitrogens is 1. The molecule has 0 aliphatic heterocycles. The Kier molecular flexibility index (Phi) is 8.15. The number of ether oxygens (including phenoxy) is 1. The summed E-state index contributed by atoms with van der Waals surface area (Å²) in [7, 11) is 2.00. The Morgan fingerprint density at radius 3 is 2.40 bits per heavy atom. The molecule has 1 amide bonds. The fourth-order valence-electron chi connectivity index (χ4n) is 2.18. The molecule has 5 nitrogen and oxygen atoms in total. The van der Waals surface area contributed by atoms with Crippen LogP contribution in [-0.4, -0.2) is 18.2 Å². The first kappa shape index (κ1) is 21.2. The van der Waals surface area contributed by atoms with Crippen LogP contribution in [0.1, 0.15) is 26.3 Å². The lowest BCUT2D eigenvalue weighted by Crippen LogP contribution is -3.00. The molecule has 2 rings (SSSR count). The third-order valence-electron chi connectivity index (χ3n) is 3.36. The van der Waals surface area contributed by atoms with Crippen molar-refractivity contribution in [3.8, 4) is 0 Å². The molecule has 6 heteroatoms. The number of aryl methyl sites for hydroxylation is 1. The standard InChI is InChI=1S/C19H25N3O2.HI/c1-19(2,3)24-18(23)20-13-12-15-8-10-16(11-9-15)21-17-7-5-6-14-22(17)4;/h5-11,14H,12-13H2,1-4H3,(H,20,23);1H. The lowest BCUT2D eigenvalue weighted by atomic mass is 10.1. The lowest BCUT2D eigenvalue weighted by Gasteiger charge is -2.19. The summed E-state index contributed by atoms with van der Waals surface area (Å²) in [6.45, 7) is 6.11. The van der Waals surface area contributed by atoms with Gasteiger partial charge in [-0.05, 0) is 51.0 Å². The molecule has 0 radical (unpaired) electrons. The molecule has 0 spiro atoms. The number of nitrogens with one attached hydrogen (secondary N) is 2. The van der Waals surface area contributed by atoms with Crippen LogP contribution in [0.4, 0.5) is 16.3 Å². The topological polar surface area (TPSA) is 54.2 Å². The number of rotatable bonds is 5. The first-order valence-corrected chi connectivity index (χ1v) is 8.11. The van der Waals surface area contributed by atoms with E-state index in [1.54, 1.807) is 0 Å². The molecule has 0 saturated heterocycles.